The molecule has 0 aromatic heterocycles. The molecule has 1 atom stereocenters. The molecule has 0 aliphatic carbocycles. The van der Waals surface area contributed by atoms with Crippen molar-refractivity contribution < 1.29 is 14.6 Å². The molecule has 1 N–H and O–H groups in total. The predicted molar refractivity (Wildman–Crippen MR) is 67.3 cm³/mol. The van der Waals surface area contributed by atoms with Crippen LogP contribution in [0.1, 0.15) is 39.0 Å². The summed E-state index contributed by atoms with van der Waals surface area (Å²) < 4.78 is 5.80. The van der Waals surface area contributed by atoms with E-state index in [4.69, 9.17) is 9.84 Å². The van der Waals surface area contributed by atoms with Gasteiger partial charge in [-0.05, 0) is 25.0 Å². The Hall–Kier alpha value is -1.51. The zero-order valence-corrected chi connectivity index (χ0v) is 10.3. The third kappa shape index (κ3) is 5.95. The van der Waals surface area contributed by atoms with Gasteiger partial charge >= 0.3 is 5.97 Å². The van der Waals surface area contributed by atoms with Crippen LogP contribution in [0.5, 0.6) is 5.75 Å². The Bertz CT molecular complexity index is 321. The minimum absolute atomic E-state index is 0.00782. The predicted octanol–water partition coefficient (Wildman–Crippen LogP) is 3.49. The fourth-order valence-corrected chi connectivity index (χ4v) is 1.67. The molecule has 1 rings (SSSR count). The van der Waals surface area contributed by atoms with E-state index in [0.717, 1.165) is 25.0 Å². The fraction of sp³-hybridized carbons (Fsp3) is 0.500. The standard InChI is InChI=1S/C14H20O3/c1-2-3-7-13(10-11-14(15)16)17-12-8-5-4-6-9-12/h4-6,8-9,13H,2-3,7,10-11H2,1H3,(H,15,16). The maximum absolute atomic E-state index is 10.6. The highest BCUT2D eigenvalue weighted by molar-refractivity contribution is 5.66. The van der Waals surface area contributed by atoms with Gasteiger partial charge in [-0.25, -0.2) is 0 Å². The minimum atomic E-state index is -0.761. The summed E-state index contributed by atoms with van der Waals surface area (Å²) in [6, 6.07) is 9.58. The van der Waals surface area contributed by atoms with Gasteiger partial charge in [0.05, 0.1) is 6.10 Å². The molecule has 1 aromatic rings. The number of hydrogen-bond donors (Lipinski definition) is 1. The Labute approximate surface area is 102 Å². The van der Waals surface area contributed by atoms with E-state index >= 15 is 0 Å². The summed E-state index contributed by atoms with van der Waals surface area (Å²) in [5.41, 5.74) is 0. The molecule has 0 bridgehead atoms. The Morgan fingerprint density at radius 2 is 2.00 bits per heavy atom. The number of hydrogen-bond acceptors (Lipinski definition) is 2. The van der Waals surface area contributed by atoms with Crippen LogP contribution >= 0.6 is 0 Å². The molecule has 0 heterocycles. The van der Waals surface area contributed by atoms with Crippen molar-refractivity contribution in [1.82, 2.24) is 0 Å². The summed E-state index contributed by atoms with van der Waals surface area (Å²) >= 11 is 0. The van der Waals surface area contributed by atoms with Crippen molar-refractivity contribution in [3.8, 4) is 5.75 Å². The average Bonchev–Trinajstić information content (AvgIpc) is 2.34. The smallest absolute Gasteiger partial charge is 0.303 e. The molecule has 94 valence electrons. The summed E-state index contributed by atoms with van der Waals surface area (Å²) in [6.45, 7) is 2.12. The number of benzene rings is 1. The van der Waals surface area contributed by atoms with Crippen molar-refractivity contribution in [3.63, 3.8) is 0 Å². The van der Waals surface area contributed by atoms with Crippen LogP contribution in [0, 0.1) is 0 Å². The van der Waals surface area contributed by atoms with Gasteiger partial charge < -0.3 is 9.84 Å². The largest absolute Gasteiger partial charge is 0.490 e. The van der Waals surface area contributed by atoms with Gasteiger partial charge in [-0.15, -0.1) is 0 Å². The van der Waals surface area contributed by atoms with Gasteiger partial charge in [-0.3, -0.25) is 4.79 Å². The number of carboxylic acids is 1. The Balaban J connectivity index is 2.47. The molecule has 0 radical (unpaired) electrons. The van der Waals surface area contributed by atoms with Crippen LogP contribution in [0.15, 0.2) is 30.3 Å². The topological polar surface area (TPSA) is 46.5 Å². The fourth-order valence-electron chi connectivity index (χ4n) is 1.67. The summed E-state index contributed by atoms with van der Waals surface area (Å²) in [7, 11) is 0. The number of unbranched alkanes of at least 4 members (excludes halogenated alkanes) is 1. The normalized spacial score (nSPS) is 12.1. The van der Waals surface area contributed by atoms with E-state index in [1.54, 1.807) is 0 Å². The highest BCUT2D eigenvalue weighted by atomic mass is 16.5. The van der Waals surface area contributed by atoms with Gasteiger partial charge in [0.15, 0.2) is 0 Å². The lowest BCUT2D eigenvalue weighted by molar-refractivity contribution is -0.137. The van der Waals surface area contributed by atoms with E-state index in [2.05, 4.69) is 6.92 Å². The summed E-state index contributed by atoms with van der Waals surface area (Å²) in [4.78, 5) is 10.6. The first-order valence-corrected chi connectivity index (χ1v) is 6.16. The van der Waals surface area contributed by atoms with Crippen LogP contribution in [-0.4, -0.2) is 17.2 Å². The summed E-state index contributed by atoms with van der Waals surface area (Å²) in [5.74, 6) is 0.0575. The third-order valence-electron chi connectivity index (χ3n) is 2.61. The van der Waals surface area contributed by atoms with Crippen molar-refractivity contribution >= 4 is 5.97 Å². The Morgan fingerprint density at radius 3 is 2.59 bits per heavy atom. The highest BCUT2D eigenvalue weighted by Gasteiger charge is 2.12. The SMILES string of the molecule is CCCCC(CCC(=O)O)Oc1ccccc1. The lowest BCUT2D eigenvalue weighted by atomic mass is 10.1. The summed E-state index contributed by atoms with van der Waals surface area (Å²) in [5, 5.41) is 8.70. The van der Waals surface area contributed by atoms with Crippen LogP contribution in [-0.2, 0) is 4.79 Å². The van der Waals surface area contributed by atoms with Crippen molar-refractivity contribution in [3.05, 3.63) is 30.3 Å². The molecule has 0 spiro atoms. The molecule has 1 aromatic carbocycles. The third-order valence-corrected chi connectivity index (χ3v) is 2.61. The maximum atomic E-state index is 10.6. The number of para-hydroxylation sites is 1. The van der Waals surface area contributed by atoms with Crippen molar-refractivity contribution in [2.24, 2.45) is 0 Å². The second-order valence-electron chi connectivity index (χ2n) is 4.13. The monoisotopic (exact) mass is 236 g/mol. The quantitative estimate of drug-likeness (QED) is 0.751. The van der Waals surface area contributed by atoms with Crippen LogP contribution in [0.3, 0.4) is 0 Å². The first-order valence-electron chi connectivity index (χ1n) is 6.16. The van der Waals surface area contributed by atoms with E-state index in [0.29, 0.717) is 6.42 Å². The highest BCUT2D eigenvalue weighted by Crippen LogP contribution is 2.17. The summed E-state index contributed by atoms with van der Waals surface area (Å²) in [6.07, 6.45) is 3.83. The molecule has 0 amide bonds. The van der Waals surface area contributed by atoms with E-state index < -0.39 is 5.97 Å². The molecule has 0 aliphatic heterocycles. The molecule has 0 saturated heterocycles. The zero-order valence-electron chi connectivity index (χ0n) is 10.3. The minimum Gasteiger partial charge on any atom is -0.490 e. The van der Waals surface area contributed by atoms with Gasteiger partial charge in [0.1, 0.15) is 5.75 Å². The second-order valence-corrected chi connectivity index (χ2v) is 4.13. The van der Waals surface area contributed by atoms with Crippen LogP contribution in [0.2, 0.25) is 0 Å². The number of carbonyl (C=O) groups is 1. The van der Waals surface area contributed by atoms with E-state index in [1.165, 1.54) is 0 Å². The molecule has 0 aliphatic rings. The van der Waals surface area contributed by atoms with Crippen molar-refractivity contribution in [2.45, 2.75) is 45.1 Å². The second kappa shape index (κ2) is 7.71. The molecule has 3 heteroatoms. The van der Waals surface area contributed by atoms with E-state index in [9.17, 15) is 4.79 Å². The van der Waals surface area contributed by atoms with Gasteiger partial charge in [-0.2, -0.15) is 0 Å². The van der Waals surface area contributed by atoms with Crippen LogP contribution in [0.25, 0.3) is 0 Å². The van der Waals surface area contributed by atoms with E-state index in [-0.39, 0.29) is 12.5 Å². The van der Waals surface area contributed by atoms with Crippen molar-refractivity contribution in [2.75, 3.05) is 0 Å². The molecular formula is C14H20O3. The zero-order chi connectivity index (χ0) is 12.5. The number of ether oxygens (including phenoxy) is 1. The van der Waals surface area contributed by atoms with Crippen molar-refractivity contribution in [1.29, 1.82) is 0 Å². The van der Waals surface area contributed by atoms with Gasteiger partial charge in [0.25, 0.3) is 0 Å². The first-order chi connectivity index (χ1) is 8.22. The number of carboxylic acid groups (broad SMARTS) is 1. The molecule has 1 unspecified atom stereocenters. The average molecular weight is 236 g/mol. The van der Waals surface area contributed by atoms with Gasteiger partial charge in [0, 0.05) is 6.42 Å². The molecule has 0 saturated carbocycles. The lowest BCUT2D eigenvalue weighted by Gasteiger charge is -2.18. The van der Waals surface area contributed by atoms with Gasteiger partial charge in [-0.1, -0.05) is 38.0 Å². The van der Waals surface area contributed by atoms with Gasteiger partial charge in [0.2, 0.25) is 0 Å². The number of aliphatic carboxylic acids is 1. The molecule has 17 heavy (non-hydrogen) atoms. The number of rotatable bonds is 8. The molecule has 3 nitrogen and oxygen atoms in total. The lowest BCUT2D eigenvalue weighted by Crippen LogP contribution is -2.18. The first kappa shape index (κ1) is 13.6. The molecular weight excluding hydrogens is 216 g/mol. The Kier molecular flexibility index (Phi) is 6.15. The van der Waals surface area contributed by atoms with E-state index in [1.807, 2.05) is 30.3 Å². The van der Waals surface area contributed by atoms with Crippen LogP contribution < -0.4 is 4.74 Å². The molecule has 0 fully saturated rings. The van der Waals surface area contributed by atoms with Crippen LogP contribution in [0.4, 0.5) is 0 Å². The Morgan fingerprint density at radius 1 is 1.29 bits per heavy atom. The maximum Gasteiger partial charge on any atom is 0.303 e.